The van der Waals surface area contributed by atoms with Gasteiger partial charge in [-0.2, -0.15) is 0 Å². The molecule has 2 aliphatic rings. The van der Waals surface area contributed by atoms with Crippen molar-refractivity contribution in [2.24, 2.45) is 5.41 Å². The zero-order valence-corrected chi connectivity index (χ0v) is 13.8. The van der Waals surface area contributed by atoms with Gasteiger partial charge >= 0.3 is 5.97 Å². The number of carboxylic acid groups (broad SMARTS) is 1. The Morgan fingerprint density at radius 2 is 2.05 bits per heavy atom. The van der Waals surface area contributed by atoms with Crippen LogP contribution >= 0.6 is 0 Å². The Bertz CT molecular complexity index is 457. The molecule has 2 rings (SSSR count). The number of carbonyl (C=O) groups is 2. The third-order valence-corrected chi connectivity index (χ3v) is 4.87. The van der Waals surface area contributed by atoms with Crippen LogP contribution in [0, 0.1) is 5.41 Å². The molecule has 0 aliphatic carbocycles. The van der Waals surface area contributed by atoms with Crippen LogP contribution in [0.3, 0.4) is 0 Å². The number of hydrogen-bond donors (Lipinski definition) is 1. The highest BCUT2D eigenvalue weighted by atomic mass is 16.4. The molecule has 0 spiro atoms. The van der Waals surface area contributed by atoms with Gasteiger partial charge in [0.05, 0.1) is 5.41 Å². The van der Waals surface area contributed by atoms with Crippen molar-refractivity contribution in [1.29, 1.82) is 0 Å². The molecule has 0 bridgehead atoms. The van der Waals surface area contributed by atoms with Crippen LogP contribution in [0.15, 0.2) is 11.6 Å². The highest BCUT2D eigenvalue weighted by Crippen LogP contribution is 2.34. The number of hydrogen-bond acceptors (Lipinski definition) is 3. The van der Waals surface area contributed by atoms with Gasteiger partial charge in [0.1, 0.15) is 0 Å². The van der Waals surface area contributed by atoms with Crippen molar-refractivity contribution in [2.75, 3.05) is 32.7 Å². The van der Waals surface area contributed by atoms with E-state index in [1.807, 2.05) is 24.8 Å². The average molecular weight is 308 g/mol. The molecule has 0 radical (unpaired) electrons. The molecule has 2 heterocycles. The van der Waals surface area contributed by atoms with Crippen LogP contribution in [-0.2, 0) is 9.59 Å². The molecule has 2 fully saturated rings. The first-order valence-electron chi connectivity index (χ1n) is 8.30. The van der Waals surface area contributed by atoms with Crippen LogP contribution in [0.4, 0.5) is 0 Å². The maximum Gasteiger partial charge on any atom is 0.311 e. The fraction of sp³-hybridized carbons (Fsp3) is 0.765. The lowest BCUT2D eigenvalue weighted by Crippen LogP contribution is -2.49. The molecule has 0 aromatic rings. The lowest BCUT2D eigenvalue weighted by Gasteiger charge is -2.40. The van der Waals surface area contributed by atoms with E-state index in [1.165, 1.54) is 5.57 Å². The number of likely N-dealkylation sites (tertiary alicyclic amines) is 2. The Balaban J connectivity index is 1.94. The van der Waals surface area contributed by atoms with Crippen molar-refractivity contribution in [3.63, 3.8) is 0 Å². The number of carboxylic acids is 1. The number of rotatable bonds is 6. The molecule has 1 N–H and O–H groups in total. The van der Waals surface area contributed by atoms with Crippen molar-refractivity contribution >= 4 is 11.9 Å². The summed E-state index contributed by atoms with van der Waals surface area (Å²) in [5.41, 5.74) is 0.505. The third-order valence-electron chi connectivity index (χ3n) is 4.87. The molecular weight excluding hydrogens is 280 g/mol. The summed E-state index contributed by atoms with van der Waals surface area (Å²) in [5, 5.41) is 9.72. The molecule has 124 valence electrons. The summed E-state index contributed by atoms with van der Waals surface area (Å²) in [6.07, 6.45) is 5.92. The Kier molecular flexibility index (Phi) is 5.62. The molecule has 2 aliphatic heterocycles. The van der Waals surface area contributed by atoms with E-state index in [2.05, 4.69) is 4.90 Å². The Hall–Kier alpha value is -1.36. The predicted octanol–water partition coefficient (Wildman–Crippen LogP) is 2.13. The zero-order valence-electron chi connectivity index (χ0n) is 13.8. The maximum atomic E-state index is 11.8. The average Bonchev–Trinajstić information content (AvgIpc) is 2.88. The van der Waals surface area contributed by atoms with E-state index < -0.39 is 11.4 Å². The number of carbonyl (C=O) groups excluding carboxylic acids is 1. The smallest absolute Gasteiger partial charge is 0.311 e. The lowest BCUT2D eigenvalue weighted by molar-refractivity contribution is -0.152. The van der Waals surface area contributed by atoms with Crippen LogP contribution in [0.5, 0.6) is 0 Å². The summed E-state index contributed by atoms with van der Waals surface area (Å²) < 4.78 is 0. The van der Waals surface area contributed by atoms with Crippen molar-refractivity contribution in [3.8, 4) is 0 Å². The van der Waals surface area contributed by atoms with Crippen LogP contribution in [0.1, 0.15) is 46.0 Å². The second-order valence-electron chi connectivity index (χ2n) is 6.94. The monoisotopic (exact) mass is 308 g/mol. The van der Waals surface area contributed by atoms with Gasteiger partial charge in [-0.25, -0.2) is 0 Å². The van der Waals surface area contributed by atoms with Gasteiger partial charge in [0.25, 0.3) is 0 Å². The van der Waals surface area contributed by atoms with Crippen LogP contribution in [0.2, 0.25) is 0 Å². The number of amides is 1. The number of nitrogens with zero attached hydrogens (tertiary/aromatic N) is 2. The quantitative estimate of drug-likeness (QED) is 0.764. The zero-order chi connectivity index (χ0) is 16.2. The molecule has 1 atom stereocenters. The minimum absolute atomic E-state index is 0.242. The fourth-order valence-electron chi connectivity index (χ4n) is 3.45. The normalized spacial score (nSPS) is 26.3. The first kappa shape index (κ1) is 17.0. The molecule has 22 heavy (non-hydrogen) atoms. The van der Waals surface area contributed by atoms with Gasteiger partial charge in [-0.05, 0) is 46.1 Å². The first-order chi connectivity index (χ1) is 10.4. The van der Waals surface area contributed by atoms with E-state index in [1.54, 1.807) is 0 Å². The van der Waals surface area contributed by atoms with E-state index >= 15 is 0 Å². The van der Waals surface area contributed by atoms with E-state index in [0.717, 1.165) is 45.4 Å². The lowest BCUT2D eigenvalue weighted by atomic mass is 9.76. The van der Waals surface area contributed by atoms with Crippen LogP contribution in [-0.4, -0.2) is 59.5 Å². The van der Waals surface area contributed by atoms with Gasteiger partial charge < -0.3 is 14.9 Å². The molecule has 0 aromatic carbocycles. The molecule has 1 amide bonds. The largest absolute Gasteiger partial charge is 0.481 e. The standard InChI is InChI=1S/C17H28N2O3/c1-14(2)6-8-17(16(21)22)7-4-9-18(13-17)11-12-19-10-3-5-15(19)20/h6H,3-5,7-13H2,1-2H3,(H,21,22)/t17-/m0/s1. The van der Waals surface area contributed by atoms with E-state index in [9.17, 15) is 14.7 Å². The van der Waals surface area contributed by atoms with Crippen LogP contribution in [0.25, 0.3) is 0 Å². The Morgan fingerprint density at radius 3 is 2.64 bits per heavy atom. The second-order valence-corrected chi connectivity index (χ2v) is 6.94. The van der Waals surface area contributed by atoms with Gasteiger partial charge in [-0.3, -0.25) is 9.59 Å². The summed E-state index contributed by atoms with van der Waals surface area (Å²) in [6, 6.07) is 0. The fourth-order valence-corrected chi connectivity index (χ4v) is 3.45. The van der Waals surface area contributed by atoms with Gasteiger partial charge in [0, 0.05) is 32.6 Å². The SMILES string of the molecule is CC(C)=CC[C@@]1(C(=O)O)CCCN(CCN2CCCC2=O)C1. The number of allylic oxidation sites excluding steroid dienone is 2. The van der Waals surface area contributed by atoms with E-state index in [0.29, 0.717) is 19.4 Å². The van der Waals surface area contributed by atoms with Gasteiger partial charge in [-0.15, -0.1) is 0 Å². The van der Waals surface area contributed by atoms with Gasteiger partial charge in [-0.1, -0.05) is 11.6 Å². The Labute approximate surface area is 133 Å². The minimum Gasteiger partial charge on any atom is -0.481 e. The molecule has 0 unspecified atom stereocenters. The molecule has 5 nitrogen and oxygen atoms in total. The third kappa shape index (κ3) is 4.09. The maximum absolute atomic E-state index is 11.8. The molecule has 0 saturated carbocycles. The number of aliphatic carboxylic acids is 1. The van der Waals surface area contributed by atoms with Crippen molar-refractivity contribution < 1.29 is 14.7 Å². The Morgan fingerprint density at radius 1 is 1.27 bits per heavy atom. The molecular formula is C17H28N2O3. The number of piperidine rings is 1. The summed E-state index contributed by atoms with van der Waals surface area (Å²) in [4.78, 5) is 27.6. The molecule has 2 saturated heterocycles. The molecule has 5 heteroatoms. The summed E-state index contributed by atoms with van der Waals surface area (Å²) >= 11 is 0. The van der Waals surface area contributed by atoms with Gasteiger partial charge in [0.15, 0.2) is 0 Å². The summed E-state index contributed by atoms with van der Waals surface area (Å²) in [5.74, 6) is -0.446. The van der Waals surface area contributed by atoms with Crippen LogP contribution < -0.4 is 0 Å². The predicted molar refractivity (Wildman–Crippen MR) is 85.6 cm³/mol. The highest BCUT2D eigenvalue weighted by Gasteiger charge is 2.41. The first-order valence-corrected chi connectivity index (χ1v) is 8.30. The van der Waals surface area contributed by atoms with Crippen molar-refractivity contribution in [1.82, 2.24) is 9.80 Å². The van der Waals surface area contributed by atoms with Crippen molar-refractivity contribution in [2.45, 2.75) is 46.0 Å². The highest BCUT2D eigenvalue weighted by molar-refractivity contribution is 5.78. The second kappa shape index (κ2) is 7.27. The summed E-state index contributed by atoms with van der Waals surface area (Å²) in [7, 11) is 0. The summed E-state index contributed by atoms with van der Waals surface area (Å²) in [6.45, 7) is 7.92. The molecule has 0 aromatic heterocycles. The van der Waals surface area contributed by atoms with Gasteiger partial charge in [0.2, 0.25) is 5.91 Å². The van der Waals surface area contributed by atoms with E-state index in [4.69, 9.17) is 0 Å². The van der Waals surface area contributed by atoms with Crippen molar-refractivity contribution in [3.05, 3.63) is 11.6 Å². The minimum atomic E-state index is -0.688. The topological polar surface area (TPSA) is 60.9 Å². The van der Waals surface area contributed by atoms with E-state index in [-0.39, 0.29) is 5.91 Å².